The van der Waals surface area contributed by atoms with Gasteiger partial charge in [-0.05, 0) is 38.5 Å². The van der Waals surface area contributed by atoms with Gasteiger partial charge in [0, 0.05) is 5.69 Å². The molecule has 0 aliphatic carbocycles. The van der Waals surface area contributed by atoms with Crippen LogP contribution in [0.25, 0.3) is 0 Å². The Morgan fingerprint density at radius 1 is 1.28 bits per heavy atom. The van der Waals surface area contributed by atoms with E-state index >= 15 is 0 Å². The van der Waals surface area contributed by atoms with E-state index < -0.39 is 17.4 Å². The van der Waals surface area contributed by atoms with Crippen LogP contribution in [0.15, 0.2) is 24.3 Å². The second-order valence-corrected chi connectivity index (χ2v) is 4.79. The number of rotatable bonds is 4. The number of aliphatic carboxylic acids is 1. The molecule has 18 heavy (non-hydrogen) atoms. The molecular weight excluding hydrogens is 232 g/mol. The molecule has 0 radical (unpaired) electrons. The first kappa shape index (κ1) is 14.2. The lowest BCUT2D eigenvalue weighted by Gasteiger charge is -2.20. The molecule has 0 aliphatic heterocycles. The summed E-state index contributed by atoms with van der Waals surface area (Å²) in [6.07, 6.45) is 0. The van der Waals surface area contributed by atoms with Crippen molar-refractivity contribution in [1.82, 2.24) is 0 Å². The number of hydrogen-bond acceptors (Lipinski definition) is 3. The monoisotopic (exact) mass is 250 g/mol. The third kappa shape index (κ3) is 3.07. The van der Waals surface area contributed by atoms with Crippen LogP contribution in [0.1, 0.15) is 26.3 Å². The van der Waals surface area contributed by atoms with Crippen LogP contribution >= 0.6 is 0 Å². The maximum absolute atomic E-state index is 11.4. The molecular formula is C13H18N2O3. The summed E-state index contributed by atoms with van der Waals surface area (Å²) in [5, 5.41) is 11.7. The minimum absolute atomic E-state index is 0.278. The summed E-state index contributed by atoms with van der Waals surface area (Å²) in [7, 11) is 0. The zero-order valence-corrected chi connectivity index (χ0v) is 10.7. The second kappa shape index (κ2) is 5.18. The van der Waals surface area contributed by atoms with Gasteiger partial charge in [0.1, 0.15) is 0 Å². The molecule has 0 heterocycles. The normalized spacial score (nSPS) is 12.9. The van der Waals surface area contributed by atoms with Gasteiger partial charge in [-0.15, -0.1) is 0 Å². The highest BCUT2D eigenvalue weighted by molar-refractivity contribution is 5.94. The third-order valence-corrected chi connectivity index (χ3v) is 2.82. The number of nitrogens with one attached hydrogen (secondary N) is 1. The number of nitrogens with two attached hydrogens (primary N) is 1. The van der Waals surface area contributed by atoms with Gasteiger partial charge in [-0.25, -0.2) is 0 Å². The van der Waals surface area contributed by atoms with E-state index in [1.165, 1.54) is 0 Å². The van der Waals surface area contributed by atoms with E-state index in [4.69, 9.17) is 10.8 Å². The van der Waals surface area contributed by atoms with Crippen LogP contribution < -0.4 is 11.1 Å². The first-order chi connectivity index (χ1) is 8.25. The molecule has 0 saturated carbocycles. The minimum atomic E-state index is -0.955. The van der Waals surface area contributed by atoms with Crippen molar-refractivity contribution >= 4 is 17.6 Å². The zero-order valence-electron chi connectivity index (χ0n) is 10.7. The van der Waals surface area contributed by atoms with E-state index in [1.54, 1.807) is 45.0 Å². The molecule has 1 aromatic rings. The van der Waals surface area contributed by atoms with Gasteiger partial charge < -0.3 is 16.2 Å². The maximum Gasteiger partial charge on any atom is 0.313 e. The fraction of sp³-hybridized carbons (Fsp3) is 0.385. The Morgan fingerprint density at radius 2 is 1.78 bits per heavy atom. The summed E-state index contributed by atoms with van der Waals surface area (Å²) in [5.74, 6) is -1.17. The molecule has 0 bridgehead atoms. The first-order valence-corrected chi connectivity index (χ1v) is 5.65. The van der Waals surface area contributed by atoms with Gasteiger partial charge in [-0.1, -0.05) is 12.1 Å². The summed E-state index contributed by atoms with van der Waals surface area (Å²) in [6.45, 7) is 4.85. The molecule has 1 rings (SSSR count). The molecule has 98 valence electrons. The van der Waals surface area contributed by atoms with Gasteiger partial charge in [0.2, 0.25) is 5.91 Å². The summed E-state index contributed by atoms with van der Waals surface area (Å²) in [6, 6.07) is 6.12. The lowest BCUT2D eigenvalue weighted by atomic mass is 9.85. The highest BCUT2D eigenvalue weighted by Crippen LogP contribution is 2.24. The molecule has 1 atom stereocenters. The van der Waals surface area contributed by atoms with E-state index in [-0.39, 0.29) is 5.91 Å². The molecule has 1 unspecified atom stereocenters. The molecule has 5 nitrogen and oxygen atoms in total. The standard InChI is InChI=1S/C13H18N2O3/c1-8(14)11(16)15-10-6-4-9(5-7-10)13(2,3)12(17)18/h4-8H,14H2,1-3H3,(H,15,16)(H,17,18). The van der Waals surface area contributed by atoms with Crippen molar-refractivity contribution < 1.29 is 14.7 Å². The van der Waals surface area contributed by atoms with Crippen molar-refractivity contribution in [2.24, 2.45) is 5.73 Å². The predicted octanol–water partition coefficient (Wildman–Crippen LogP) is 1.33. The smallest absolute Gasteiger partial charge is 0.313 e. The minimum Gasteiger partial charge on any atom is -0.481 e. The topological polar surface area (TPSA) is 92.4 Å². The molecule has 0 aromatic heterocycles. The van der Waals surface area contributed by atoms with E-state index in [1.807, 2.05) is 0 Å². The number of carbonyl (C=O) groups excluding carboxylic acids is 1. The number of benzene rings is 1. The highest BCUT2D eigenvalue weighted by atomic mass is 16.4. The second-order valence-electron chi connectivity index (χ2n) is 4.79. The summed E-state index contributed by atoms with van der Waals surface area (Å²) in [4.78, 5) is 22.5. The summed E-state index contributed by atoms with van der Waals surface area (Å²) in [5.41, 5.74) is 5.75. The lowest BCUT2D eigenvalue weighted by Crippen LogP contribution is -2.32. The van der Waals surface area contributed by atoms with Gasteiger partial charge in [-0.3, -0.25) is 9.59 Å². The number of anilines is 1. The third-order valence-electron chi connectivity index (χ3n) is 2.82. The van der Waals surface area contributed by atoms with E-state index in [0.717, 1.165) is 0 Å². The number of carboxylic acids is 1. The lowest BCUT2D eigenvalue weighted by molar-refractivity contribution is -0.142. The molecule has 1 amide bonds. The maximum atomic E-state index is 11.4. The number of amides is 1. The first-order valence-electron chi connectivity index (χ1n) is 5.65. The average Bonchev–Trinajstić information content (AvgIpc) is 2.29. The van der Waals surface area contributed by atoms with Gasteiger partial charge in [0.25, 0.3) is 0 Å². The zero-order chi connectivity index (χ0) is 13.9. The van der Waals surface area contributed by atoms with Crippen LogP contribution in [0.2, 0.25) is 0 Å². The van der Waals surface area contributed by atoms with Crippen LogP contribution in [0, 0.1) is 0 Å². The van der Waals surface area contributed by atoms with Gasteiger partial charge in [0.15, 0.2) is 0 Å². The largest absolute Gasteiger partial charge is 0.481 e. The van der Waals surface area contributed by atoms with E-state index in [0.29, 0.717) is 11.3 Å². The number of carbonyl (C=O) groups is 2. The van der Waals surface area contributed by atoms with Crippen molar-refractivity contribution in [2.45, 2.75) is 32.2 Å². The van der Waals surface area contributed by atoms with Crippen molar-refractivity contribution in [3.8, 4) is 0 Å². The van der Waals surface area contributed by atoms with E-state index in [2.05, 4.69) is 5.32 Å². The Balaban J connectivity index is 2.87. The van der Waals surface area contributed by atoms with Crippen LogP contribution in [0.4, 0.5) is 5.69 Å². The average molecular weight is 250 g/mol. The van der Waals surface area contributed by atoms with Crippen molar-refractivity contribution in [3.63, 3.8) is 0 Å². The van der Waals surface area contributed by atoms with Gasteiger partial charge >= 0.3 is 5.97 Å². The summed E-state index contributed by atoms with van der Waals surface area (Å²) < 4.78 is 0. The van der Waals surface area contributed by atoms with Crippen molar-refractivity contribution in [1.29, 1.82) is 0 Å². The number of carboxylic acid groups (broad SMARTS) is 1. The quantitative estimate of drug-likeness (QED) is 0.751. The Hall–Kier alpha value is -1.88. The molecule has 0 fully saturated rings. The Morgan fingerprint density at radius 3 is 2.17 bits per heavy atom. The highest BCUT2D eigenvalue weighted by Gasteiger charge is 2.29. The molecule has 0 spiro atoms. The fourth-order valence-electron chi connectivity index (χ4n) is 1.35. The molecule has 4 N–H and O–H groups in total. The van der Waals surface area contributed by atoms with Crippen LogP contribution in [-0.4, -0.2) is 23.0 Å². The SMILES string of the molecule is CC(N)C(=O)Nc1ccc(C(C)(C)C(=O)O)cc1. The van der Waals surface area contributed by atoms with Crippen molar-refractivity contribution in [3.05, 3.63) is 29.8 Å². The summed E-state index contributed by atoms with van der Waals surface area (Å²) >= 11 is 0. The van der Waals surface area contributed by atoms with Gasteiger partial charge in [-0.2, -0.15) is 0 Å². The van der Waals surface area contributed by atoms with Crippen LogP contribution in [0.5, 0.6) is 0 Å². The Kier molecular flexibility index (Phi) is 4.08. The molecule has 5 heteroatoms. The van der Waals surface area contributed by atoms with Gasteiger partial charge in [0.05, 0.1) is 11.5 Å². The van der Waals surface area contributed by atoms with Crippen LogP contribution in [0.3, 0.4) is 0 Å². The number of hydrogen-bond donors (Lipinski definition) is 3. The molecule has 1 aromatic carbocycles. The molecule has 0 saturated heterocycles. The van der Waals surface area contributed by atoms with E-state index in [9.17, 15) is 9.59 Å². The fourth-order valence-corrected chi connectivity index (χ4v) is 1.35. The van der Waals surface area contributed by atoms with Crippen LogP contribution in [-0.2, 0) is 15.0 Å². The Bertz CT molecular complexity index is 450. The Labute approximate surface area is 106 Å². The van der Waals surface area contributed by atoms with Crippen molar-refractivity contribution in [2.75, 3.05) is 5.32 Å². The molecule has 0 aliphatic rings. The predicted molar refractivity (Wildman–Crippen MR) is 69.4 cm³/mol.